The van der Waals surface area contributed by atoms with Crippen LogP contribution >= 0.6 is 11.6 Å². The Kier molecular flexibility index (Phi) is 4.58. The summed E-state index contributed by atoms with van der Waals surface area (Å²) in [6, 6.07) is 55.8. The fourth-order valence-electron chi connectivity index (χ4n) is 9.56. The average molecular weight is 605 g/mol. The number of furan rings is 1. The summed E-state index contributed by atoms with van der Waals surface area (Å²) in [4.78, 5) is 0. The van der Waals surface area contributed by atoms with Gasteiger partial charge in [-0.05, 0) is 91.0 Å². The van der Waals surface area contributed by atoms with Crippen LogP contribution in [-0.4, -0.2) is 0 Å². The van der Waals surface area contributed by atoms with Gasteiger partial charge in [0.15, 0.2) is 0 Å². The van der Waals surface area contributed by atoms with Crippen molar-refractivity contribution in [1.82, 2.24) is 0 Å². The molecule has 0 saturated carbocycles. The summed E-state index contributed by atoms with van der Waals surface area (Å²) < 4.78 is 6.46. The van der Waals surface area contributed by atoms with Gasteiger partial charge in [-0.15, -0.1) is 0 Å². The average Bonchev–Trinajstić information content (AvgIpc) is 3.73. The van der Waals surface area contributed by atoms with Crippen LogP contribution in [0.2, 0.25) is 5.02 Å². The second-order valence-corrected chi connectivity index (χ2v) is 13.3. The Morgan fingerprint density at radius 2 is 0.870 bits per heavy atom. The normalized spacial score (nSPS) is 15.4. The summed E-state index contributed by atoms with van der Waals surface area (Å²) in [5, 5.41) is 3.02. The van der Waals surface area contributed by atoms with Crippen molar-refractivity contribution in [1.29, 1.82) is 0 Å². The van der Waals surface area contributed by atoms with Crippen LogP contribution in [0.3, 0.4) is 0 Å². The highest BCUT2D eigenvalue weighted by atomic mass is 35.5. The van der Waals surface area contributed by atoms with E-state index in [-0.39, 0.29) is 0 Å². The van der Waals surface area contributed by atoms with Crippen LogP contribution in [0.1, 0.15) is 44.5 Å². The van der Waals surface area contributed by atoms with E-state index in [9.17, 15) is 0 Å². The molecule has 2 heteroatoms. The molecule has 0 fully saturated rings. The summed E-state index contributed by atoms with van der Waals surface area (Å²) in [6.07, 6.45) is 0. The van der Waals surface area contributed by atoms with Gasteiger partial charge < -0.3 is 4.42 Å². The van der Waals surface area contributed by atoms with Gasteiger partial charge in [-0.3, -0.25) is 0 Å². The Bertz CT molecular complexity index is 2530. The highest BCUT2D eigenvalue weighted by Crippen LogP contribution is 2.68. The van der Waals surface area contributed by atoms with Crippen LogP contribution in [0.15, 0.2) is 156 Å². The molecule has 0 unspecified atom stereocenters. The van der Waals surface area contributed by atoms with E-state index in [4.69, 9.17) is 16.0 Å². The zero-order chi connectivity index (χ0) is 30.2. The maximum atomic E-state index is 6.85. The Balaban J connectivity index is 1.37. The smallest absolute Gasteiger partial charge is 0.136 e. The highest BCUT2D eigenvalue weighted by molar-refractivity contribution is 6.31. The second-order valence-electron chi connectivity index (χ2n) is 12.8. The Labute approximate surface area is 271 Å². The van der Waals surface area contributed by atoms with E-state index in [2.05, 4.69) is 146 Å². The molecule has 214 valence electrons. The van der Waals surface area contributed by atoms with Crippen LogP contribution in [-0.2, 0) is 10.8 Å². The van der Waals surface area contributed by atoms with Gasteiger partial charge in [0, 0.05) is 15.8 Å². The van der Waals surface area contributed by atoms with Crippen molar-refractivity contribution in [2.75, 3.05) is 0 Å². The summed E-state index contributed by atoms with van der Waals surface area (Å²) in [5.41, 5.74) is 16.3. The van der Waals surface area contributed by atoms with Gasteiger partial charge in [-0.25, -0.2) is 0 Å². The lowest BCUT2D eigenvalue weighted by molar-refractivity contribution is 0.632. The third-order valence-corrected chi connectivity index (χ3v) is 11.3. The summed E-state index contributed by atoms with van der Waals surface area (Å²) in [6.45, 7) is 0. The van der Waals surface area contributed by atoms with Crippen molar-refractivity contribution in [3.8, 4) is 22.3 Å². The van der Waals surface area contributed by atoms with Gasteiger partial charge >= 0.3 is 0 Å². The molecule has 1 aromatic heterocycles. The van der Waals surface area contributed by atoms with Gasteiger partial charge in [0.2, 0.25) is 0 Å². The van der Waals surface area contributed by atoms with Crippen molar-refractivity contribution in [3.05, 3.63) is 201 Å². The van der Waals surface area contributed by atoms with E-state index in [0.29, 0.717) is 0 Å². The van der Waals surface area contributed by atoms with Gasteiger partial charge in [-0.2, -0.15) is 0 Å². The lowest BCUT2D eigenvalue weighted by Gasteiger charge is -2.48. The molecule has 0 bridgehead atoms. The van der Waals surface area contributed by atoms with Crippen LogP contribution in [0, 0.1) is 0 Å². The molecule has 3 aliphatic carbocycles. The van der Waals surface area contributed by atoms with Gasteiger partial charge in [0.05, 0.1) is 10.8 Å². The van der Waals surface area contributed by atoms with Crippen LogP contribution in [0.4, 0.5) is 0 Å². The van der Waals surface area contributed by atoms with Crippen molar-refractivity contribution in [2.45, 2.75) is 10.8 Å². The molecule has 1 heterocycles. The maximum Gasteiger partial charge on any atom is 0.136 e. The number of fused-ring (bicyclic) bond motifs is 20. The fraction of sp³-hybridized carbons (Fsp3) is 0.0455. The van der Waals surface area contributed by atoms with E-state index in [0.717, 1.165) is 27.0 Å². The third-order valence-electron chi connectivity index (χ3n) is 11.0. The highest BCUT2D eigenvalue weighted by Gasteiger charge is 2.59. The van der Waals surface area contributed by atoms with Crippen LogP contribution in [0.5, 0.6) is 0 Å². The van der Waals surface area contributed by atoms with E-state index in [1.54, 1.807) is 0 Å². The number of hydrogen-bond acceptors (Lipinski definition) is 1. The Morgan fingerprint density at radius 1 is 0.391 bits per heavy atom. The molecular formula is C44H25ClO. The minimum Gasteiger partial charge on any atom is -0.456 e. The number of rotatable bonds is 0. The van der Waals surface area contributed by atoms with Crippen molar-refractivity contribution < 1.29 is 4.42 Å². The van der Waals surface area contributed by atoms with E-state index in [1.165, 1.54) is 66.8 Å². The summed E-state index contributed by atoms with van der Waals surface area (Å²) >= 11 is 6.85. The van der Waals surface area contributed by atoms with Gasteiger partial charge in [-0.1, -0.05) is 139 Å². The Hall–Kier alpha value is -5.37. The fourth-order valence-corrected chi connectivity index (χ4v) is 9.74. The first-order chi connectivity index (χ1) is 22.7. The summed E-state index contributed by atoms with van der Waals surface area (Å²) in [7, 11) is 0. The lowest BCUT2D eigenvalue weighted by atomic mass is 9.52. The number of para-hydroxylation sites is 1. The quantitative estimate of drug-likeness (QED) is 0.168. The first-order valence-corrected chi connectivity index (χ1v) is 16.3. The molecule has 0 N–H and O–H groups in total. The first-order valence-electron chi connectivity index (χ1n) is 15.9. The molecule has 2 spiro atoms. The standard InChI is InChI=1S/C44H25ClO/c45-26-21-22-33-30(25-26)41-38(23-24-40-42(41)29-13-3-10-20-39(29)46-40)44(33)36-18-8-6-16-34(36)43(35-17-7-9-19-37(35)44)31-14-4-1-11-27(31)28-12-2-5-15-32(28)43/h1-25H. The molecule has 3 aliphatic rings. The second kappa shape index (κ2) is 8.46. The predicted molar refractivity (Wildman–Crippen MR) is 187 cm³/mol. The van der Waals surface area contributed by atoms with Gasteiger partial charge in [0.1, 0.15) is 11.2 Å². The molecule has 0 radical (unpaired) electrons. The molecule has 1 nitrogen and oxygen atoms in total. The monoisotopic (exact) mass is 604 g/mol. The van der Waals surface area contributed by atoms with Crippen LogP contribution < -0.4 is 0 Å². The van der Waals surface area contributed by atoms with E-state index < -0.39 is 10.8 Å². The van der Waals surface area contributed by atoms with Crippen molar-refractivity contribution >= 4 is 33.5 Å². The van der Waals surface area contributed by atoms with Crippen molar-refractivity contribution in [3.63, 3.8) is 0 Å². The maximum absolute atomic E-state index is 6.85. The zero-order valence-electron chi connectivity index (χ0n) is 24.7. The lowest BCUT2D eigenvalue weighted by Crippen LogP contribution is -2.43. The Morgan fingerprint density at radius 3 is 1.50 bits per heavy atom. The topological polar surface area (TPSA) is 13.1 Å². The number of hydrogen-bond donors (Lipinski definition) is 0. The number of halogens is 1. The molecule has 8 aromatic rings. The SMILES string of the molecule is Clc1ccc2c(c1)-c1c(ccc3oc4ccccc4c13)C21c2ccccc2C2(c3ccccc3-c3ccccc32)c2ccccc21. The largest absolute Gasteiger partial charge is 0.456 e. The summed E-state index contributed by atoms with van der Waals surface area (Å²) in [5.74, 6) is 0. The zero-order valence-corrected chi connectivity index (χ0v) is 25.5. The molecule has 0 aliphatic heterocycles. The molecule has 46 heavy (non-hydrogen) atoms. The molecular weight excluding hydrogens is 580 g/mol. The van der Waals surface area contributed by atoms with Crippen LogP contribution in [0.25, 0.3) is 44.2 Å². The third kappa shape index (κ3) is 2.65. The number of benzene rings is 7. The molecule has 0 atom stereocenters. The molecule has 0 amide bonds. The van der Waals surface area contributed by atoms with E-state index >= 15 is 0 Å². The predicted octanol–water partition coefficient (Wildman–Crippen LogP) is 11.3. The molecule has 7 aromatic carbocycles. The van der Waals surface area contributed by atoms with E-state index in [1.807, 2.05) is 6.07 Å². The van der Waals surface area contributed by atoms with Gasteiger partial charge in [0.25, 0.3) is 0 Å². The first kappa shape index (κ1) is 24.9. The minimum absolute atomic E-state index is 0.451. The van der Waals surface area contributed by atoms with Crippen molar-refractivity contribution in [2.24, 2.45) is 0 Å². The molecule has 11 rings (SSSR count). The minimum atomic E-state index is -0.549. The molecule has 0 saturated heterocycles.